The van der Waals surface area contributed by atoms with Crippen molar-refractivity contribution in [2.75, 3.05) is 5.32 Å². The highest BCUT2D eigenvalue weighted by Gasteiger charge is 2.38. The second-order valence-electron chi connectivity index (χ2n) is 5.89. The summed E-state index contributed by atoms with van der Waals surface area (Å²) < 4.78 is 1.61. The van der Waals surface area contributed by atoms with Gasteiger partial charge in [0.05, 0.1) is 17.7 Å². The molecule has 0 spiro atoms. The van der Waals surface area contributed by atoms with Crippen molar-refractivity contribution in [3.63, 3.8) is 0 Å². The van der Waals surface area contributed by atoms with Gasteiger partial charge in [-0.3, -0.25) is 9.48 Å². The third-order valence-electron chi connectivity index (χ3n) is 4.21. The fraction of sp³-hybridized carbons (Fsp3) is 0.353. The smallest absolute Gasteiger partial charge is 0.246 e. The molecule has 1 saturated carbocycles. The van der Waals surface area contributed by atoms with Crippen LogP contribution in [0.5, 0.6) is 0 Å². The lowest BCUT2D eigenvalue weighted by Gasteiger charge is -2.35. The summed E-state index contributed by atoms with van der Waals surface area (Å²) in [6, 6.07) is 10.0. The Bertz CT molecular complexity index is 720. The summed E-state index contributed by atoms with van der Waals surface area (Å²) in [4.78, 5) is 12.0. The van der Waals surface area contributed by atoms with E-state index in [2.05, 4.69) is 16.5 Å². The zero-order valence-corrected chi connectivity index (χ0v) is 12.5. The first-order valence-corrected chi connectivity index (χ1v) is 7.42. The Morgan fingerprint density at radius 3 is 2.64 bits per heavy atom. The van der Waals surface area contributed by atoms with Gasteiger partial charge in [-0.25, -0.2) is 0 Å². The van der Waals surface area contributed by atoms with E-state index in [1.165, 1.54) is 0 Å². The summed E-state index contributed by atoms with van der Waals surface area (Å²) in [6.07, 6.45) is 6.51. The molecule has 0 saturated heterocycles. The van der Waals surface area contributed by atoms with E-state index in [9.17, 15) is 10.1 Å². The summed E-state index contributed by atoms with van der Waals surface area (Å²) in [5.41, 5.74) is 2.50. The molecule has 0 atom stereocenters. The number of nitrogens with zero attached hydrogens (tertiary/aromatic N) is 3. The van der Waals surface area contributed by atoms with Crippen molar-refractivity contribution >= 4 is 11.6 Å². The first-order chi connectivity index (χ1) is 10.6. The van der Waals surface area contributed by atoms with Gasteiger partial charge in [0.25, 0.3) is 0 Å². The number of carbonyl (C=O) groups excluding carboxylic acids is 1. The topological polar surface area (TPSA) is 70.7 Å². The maximum atomic E-state index is 12.0. The maximum absolute atomic E-state index is 12.0. The Balaban J connectivity index is 1.64. The van der Waals surface area contributed by atoms with Gasteiger partial charge in [0.15, 0.2) is 0 Å². The lowest BCUT2D eigenvalue weighted by Crippen LogP contribution is -2.32. The maximum Gasteiger partial charge on any atom is 0.246 e. The molecule has 1 fully saturated rings. The van der Waals surface area contributed by atoms with Gasteiger partial charge in [0.2, 0.25) is 5.91 Å². The minimum atomic E-state index is -0.310. The molecule has 1 aromatic heterocycles. The van der Waals surface area contributed by atoms with Gasteiger partial charge < -0.3 is 5.32 Å². The normalized spacial score (nSPS) is 15.6. The molecular weight excluding hydrogens is 276 g/mol. The van der Waals surface area contributed by atoms with Gasteiger partial charge in [0.1, 0.15) is 6.54 Å². The number of nitrogens with one attached hydrogen (secondary N) is 1. The van der Waals surface area contributed by atoms with E-state index in [0.29, 0.717) is 0 Å². The number of aromatic nitrogens is 2. The number of anilines is 1. The monoisotopic (exact) mass is 294 g/mol. The van der Waals surface area contributed by atoms with Crippen molar-refractivity contribution in [3.05, 3.63) is 47.8 Å². The second-order valence-corrected chi connectivity index (χ2v) is 5.89. The van der Waals surface area contributed by atoms with E-state index >= 15 is 0 Å². The van der Waals surface area contributed by atoms with E-state index < -0.39 is 0 Å². The number of aryl methyl sites for hydroxylation is 1. The van der Waals surface area contributed by atoms with Crippen LogP contribution in [0.1, 0.15) is 30.4 Å². The van der Waals surface area contributed by atoms with E-state index in [4.69, 9.17) is 0 Å². The Labute approximate surface area is 129 Å². The van der Waals surface area contributed by atoms with Gasteiger partial charge in [-0.1, -0.05) is 12.1 Å². The number of hydrogen-bond acceptors (Lipinski definition) is 3. The summed E-state index contributed by atoms with van der Waals surface area (Å²) in [6.45, 7) is 2.13. The minimum Gasteiger partial charge on any atom is -0.324 e. The molecule has 3 rings (SSSR count). The Morgan fingerprint density at radius 2 is 2.14 bits per heavy atom. The van der Waals surface area contributed by atoms with E-state index in [-0.39, 0.29) is 17.9 Å². The molecule has 1 N–H and O–H groups in total. The molecule has 1 aromatic carbocycles. The molecule has 0 aliphatic heterocycles. The first kappa shape index (κ1) is 14.3. The van der Waals surface area contributed by atoms with Crippen LogP contribution < -0.4 is 5.32 Å². The number of nitriles is 1. The highest BCUT2D eigenvalue weighted by molar-refractivity contribution is 5.90. The van der Waals surface area contributed by atoms with Crippen molar-refractivity contribution in [2.45, 2.75) is 38.1 Å². The molecule has 22 heavy (non-hydrogen) atoms. The number of hydrogen-bond donors (Lipinski definition) is 1. The third kappa shape index (κ3) is 2.73. The minimum absolute atomic E-state index is 0.116. The fourth-order valence-electron chi connectivity index (χ4n) is 2.77. The summed E-state index contributed by atoms with van der Waals surface area (Å²) in [5, 5.41) is 16.3. The summed E-state index contributed by atoms with van der Waals surface area (Å²) in [5.74, 6) is -0.116. The van der Waals surface area contributed by atoms with Crippen LogP contribution in [0.3, 0.4) is 0 Å². The van der Waals surface area contributed by atoms with Gasteiger partial charge in [-0.15, -0.1) is 0 Å². The quantitative estimate of drug-likeness (QED) is 0.942. The molecule has 1 aliphatic carbocycles. The molecular formula is C17H18N4O. The SMILES string of the molecule is Cc1cnn(CC(=O)Nc2ccc(C3(C#N)CCC3)cc2)c1. The Hall–Kier alpha value is -2.61. The zero-order valence-electron chi connectivity index (χ0n) is 12.5. The molecule has 2 aromatic rings. The van der Waals surface area contributed by atoms with Crippen molar-refractivity contribution in [3.8, 4) is 6.07 Å². The fourth-order valence-corrected chi connectivity index (χ4v) is 2.77. The Kier molecular flexibility index (Phi) is 3.68. The van der Waals surface area contributed by atoms with Crippen molar-refractivity contribution < 1.29 is 4.79 Å². The van der Waals surface area contributed by atoms with Crippen LogP contribution in [-0.2, 0) is 16.8 Å². The highest BCUT2D eigenvalue weighted by Crippen LogP contribution is 2.43. The molecule has 0 bridgehead atoms. The van der Waals surface area contributed by atoms with Crippen molar-refractivity contribution in [1.29, 1.82) is 5.26 Å². The number of amides is 1. The predicted octanol–water partition coefficient (Wildman–Crippen LogP) is 2.78. The van der Waals surface area contributed by atoms with Crippen molar-refractivity contribution in [1.82, 2.24) is 9.78 Å². The standard InChI is InChI=1S/C17H18N4O/c1-13-9-19-21(10-13)11-16(22)20-15-5-3-14(4-6-15)17(12-18)7-2-8-17/h3-6,9-10H,2,7-8,11H2,1H3,(H,20,22). The average molecular weight is 294 g/mol. The van der Waals surface area contributed by atoms with Crippen LogP contribution in [0.25, 0.3) is 0 Å². The average Bonchev–Trinajstić information content (AvgIpc) is 2.85. The van der Waals surface area contributed by atoms with Crippen LogP contribution in [-0.4, -0.2) is 15.7 Å². The van der Waals surface area contributed by atoms with Gasteiger partial charge in [0, 0.05) is 11.9 Å². The molecule has 1 aliphatic rings. The van der Waals surface area contributed by atoms with Crippen molar-refractivity contribution in [2.24, 2.45) is 0 Å². The van der Waals surface area contributed by atoms with E-state index in [0.717, 1.165) is 36.1 Å². The van der Waals surface area contributed by atoms with Crippen LogP contribution in [0.15, 0.2) is 36.7 Å². The largest absolute Gasteiger partial charge is 0.324 e. The second kappa shape index (κ2) is 5.64. The number of carbonyl (C=O) groups is 1. The Morgan fingerprint density at radius 1 is 1.41 bits per heavy atom. The van der Waals surface area contributed by atoms with Crippen LogP contribution in [0.4, 0.5) is 5.69 Å². The lowest BCUT2D eigenvalue weighted by atomic mass is 9.65. The van der Waals surface area contributed by atoms with Crippen LogP contribution >= 0.6 is 0 Å². The molecule has 0 unspecified atom stereocenters. The summed E-state index contributed by atoms with van der Waals surface area (Å²) >= 11 is 0. The highest BCUT2D eigenvalue weighted by atomic mass is 16.2. The van der Waals surface area contributed by atoms with Gasteiger partial charge in [-0.2, -0.15) is 10.4 Å². The number of rotatable bonds is 4. The van der Waals surface area contributed by atoms with Gasteiger partial charge in [-0.05, 0) is 49.4 Å². The molecule has 1 amide bonds. The summed E-state index contributed by atoms with van der Waals surface area (Å²) in [7, 11) is 0. The first-order valence-electron chi connectivity index (χ1n) is 7.42. The van der Waals surface area contributed by atoms with Crippen LogP contribution in [0.2, 0.25) is 0 Å². The van der Waals surface area contributed by atoms with Gasteiger partial charge >= 0.3 is 0 Å². The molecule has 5 heteroatoms. The van der Waals surface area contributed by atoms with E-state index in [1.54, 1.807) is 10.9 Å². The van der Waals surface area contributed by atoms with Crippen LogP contribution in [0, 0.1) is 18.3 Å². The molecule has 1 heterocycles. The van der Waals surface area contributed by atoms with E-state index in [1.807, 2.05) is 37.4 Å². The molecule has 0 radical (unpaired) electrons. The number of benzene rings is 1. The predicted molar refractivity (Wildman–Crippen MR) is 83.2 cm³/mol. The molecule has 5 nitrogen and oxygen atoms in total. The molecule has 112 valence electrons. The third-order valence-corrected chi connectivity index (χ3v) is 4.21. The lowest BCUT2D eigenvalue weighted by molar-refractivity contribution is -0.116. The zero-order chi connectivity index (χ0) is 15.6.